The Kier molecular flexibility index (Phi) is 4.30. The van der Waals surface area contributed by atoms with Gasteiger partial charge in [0.05, 0.1) is 0 Å². The maximum atomic E-state index is 11.6. The molecule has 1 rings (SSSR count). The SMILES string of the molecule is CC1C(=O)CCC[C@H](C)[C@H]1CCC=O. The quantitative estimate of drug-likeness (QED) is 0.513. The molecule has 0 spiro atoms. The second kappa shape index (κ2) is 5.28. The van der Waals surface area contributed by atoms with E-state index in [2.05, 4.69) is 6.92 Å². The second-order valence-electron chi connectivity index (χ2n) is 4.53. The molecule has 0 N–H and O–H groups in total. The van der Waals surface area contributed by atoms with Crippen LogP contribution in [0.15, 0.2) is 0 Å². The van der Waals surface area contributed by atoms with E-state index in [1.807, 2.05) is 6.92 Å². The number of hydrogen-bond donors (Lipinski definition) is 0. The molecule has 1 unspecified atom stereocenters. The van der Waals surface area contributed by atoms with Gasteiger partial charge in [0.2, 0.25) is 0 Å². The van der Waals surface area contributed by atoms with Crippen molar-refractivity contribution in [2.75, 3.05) is 0 Å². The van der Waals surface area contributed by atoms with Crippen LogP contribution < -0.4 is 0 Å². The van der Waals surface area contributed by atoms with Crippen LogP contribution in [-0.2, 0) is 9.59 Å². The highest BCUT2D eigenvalue weighted by molar-refractivity contribution is 5.81. The average Bonchev–Trinajstić information content (AvgIpc) is 2.27. The topological polar surface area (TPSA) is 34.1 Å². The molecule has 2 heteroatoms. The van der Waals surface area contributed by atoms with E-state index in [1.165, 1.54) is 0 Å². The first kappa shape index (κ1) is 11.4. The van der Waals surface area contributed by atoms with Crippen LogP contribution in [0.3, 0.4) is 0 Å². The number of Topliss-reactive ketones (excluding diaryl/α,β-unsaturated/α-hetero) is 1. The van der Waals surface area contributed by atoms with Gasteiger partial charge in [0, 0.05) is 18.8 Å². The minimum absolute atomic E-state index is 0.160. The first-order chi connectivity index (χ1) is 6.66. The highest BCUT2D eigenvalue weighted by Crippen LogP contribution is 2.33. The van der Waals surface area contributed by atoms with Crippen LogP contribution in [0.2, 0.25) is 0 Å². The molecule has 2 nitrogen and oxygen atoms in total. The second-order valence-corrected chi connectivity index (χ2v) is 4.53. The molecule has 0 amide bonds. The van der Waals surface area contributed by atoms with Gasteiger partial charge >= 0.3 is 0 Å². The largest absolute Gasteiger partial charge is 0.303 e. The Morgan fingerprint density at radius 1 is 1.43 bits per heavy atom. The van der Waals surface area contributed by atoms with Gasteiger partial charge in [-0.15, -0.1) is 0 Å². The van der Waals surface area contributed by atoms with E-state index in [1.54, 1.807) is 0 Å². The third kappa shape index (κ3) is 2.66. The lowest BCUT2D eigenvalue weighted by atomic mass is 9.79. The molecule has 0 aromatic heterocycles. The van der Waals surface area contributed by atoms with Crippen molar-refractivity contribution < 1.29 is 9.59 Å². The van der Waals surface area contributed by atoms with Crippen molar-refractivity contribution in [3.05, 3.63) is 0 Å². The smallest absolute Gasteiger partial charge is 0.135 e. The molecule has 1 saturated carbocycles. The maximum Gasteiger partial charge on any atom is 0.135 e. The van der Waals surface area contributed by atoms with E-state index < -0.39 is 0 Å². The summed E-state index contributed by atoms with van der Waals surface area (Å²) >= 11 is 0. The summed E-state index contributed by atoms with van der Waals surface area (Å²) < 4.78 is 0. The molecule has 1 fully saturated rings. The average molecular weight is 196 g/mol. The van der Waals surface area contributed by atoms with Crippen LogP contribution in [0.4, 0.5) is 0 Å². The number of carbonyl (C=O) groups is 2. The Morgan fingerprint density at radius 2 is 2.14 bits per heavy atom. The van der Waals surface area contributed by atoms with E-state index >= 15 is 0 Å². The molecular formula is C12H20O2. The lowest BCUT2D eigenvalue weighted by molar-refractivity contribution is -0.124. The van der Waals surface area contributed by atoms with Crippen molar-refractivity contribution in [3.63, 3.8) is 0 Å². The van der Waals surface area contributed by atoms with Gasteiger partial charge in [-0.1, -0.05) is 20.3 Å². The zero-order valence-electron chi connectivity index (χ0n) is 9.16. The van der Waals surface area contributed by atoms with Gasteiger partial charge in [0.15, 0.2) is 0 Å². The van der Waals surface area contributed by atoms with Crippen molar-refractivity contribution in [2.45, 2.75) is 46.0 Å². The van der Waals surface area contributed by atoms with Crippen LogP contribution >= 0.6 is 0 Å². The summed E-state index contributed by atoms with van der Waals surface area (Å²) in [7, 11) is 0. The summed E-state index contributed by atoms with van der Waals surface area (Å²) in [5, 5.41) is 0. The summed E-state index contributed by atoms with van der Waals surface area (Å²) in [6.07, 6.45) is 5.36. The van der Waals surface area contributed by atoms with E-state index in [0.717, 1.165) is 32.0 Å². The van der Waals surface area contributed by atoms with E-state index in [0.29, 0.717) is 24.0 Å². The Morgan fingerprint density at radius 3 is 2.79 bits per heavy atom. The molecule has 80 valence electrons. The molecule has 0 heterocycles. The minimum Gasteiger partial charge on any atom is -0.303 e. The Bertz CT molecular complexity index is 210. The molecule has 0 aromatic rings. The monoisotopic (exact) mass is 196 g/mol. The Balaban J connectivity index is 2.63. The molecule has 0 radical (unpaired) electrons. The van der Waals surface area contributed by atoms with Gasteiger partial charge < -0.3 is 4.79 Å². The van der Waals surface area contributed by atoms with Gasteiger partial charge in [-0.25, -0.2) is 0 Å². The van der Waals surface area contributed by atoms with Crippen molar-refractivity contribution in [3.8, 4) is 0 Å². The van der Waals surface area contributed by atoms with Gasteiger partial charge in [-0.05, 0) is 24.7 Å². The Hall–Kier alpha value is -0.660. The van der Waals surface area contributed by atoms with Crippen molar-refractivity contribution >= 4 is 12.1 Å². The molecule has 0 aliphatic heterocycles. The molecule has 1 aliphatic rings. The number of carbonyl (C=O) groups excluding carboxylic acids is 2. The number of rotatable bonds is 3. The normalized spacial score (nSPS) is 33.9. The third-order valence-electron chi connectivity index (χ3n) is 3.58. The molecule has 3 atom stereocenters. The molecular weight excluding hydrogens is 176 g/mol. The molecule has 0 aromatic carbocycles. The van der Waals surface area contributed by atoms with Gasteiger partial charge in [0.1, 0.15) is 12.1 Å². The first-order valence-electron chi connectivity index (χ1n) is 5.63. The van der Waals surface area contributed by atoms with Crippen molar-refractivity contribution in [1.82, 2.24) is 0 Å². The van der Waals surface area contributed by atoms with Crippen molar-refractivity contribution in [1.29, 1.82) is 0 Å². The highest BCUT2D eigenvalue weighted by atomic mass is 16.1. The summed E-state index contributed by atoms with van der Waals surface area (Å²) in [5.41, 5.74) is 0. The van der Waals surface area contributed by atoms with Crippen LogP contribution in [0.5, 0.6) is 0 Å². The predicted molar refractivity (Wildman–Crippen MR) is 56.0 cm³/mol. The number of ketones is 1. The zero-order valence-corrected chi connectivity index (χ0v) is 9.16. The van der Waals surface area contributed by atoms with Gasteiger partial charge in [0.25, 0.3) is 0 Å². The molecule has 0 bridgehead atoms. The summed E-state index contributed by atoms with van der Waals surface area (Å²) in [5.74, 6) is 1.57. The lowest BCUT2D eigenvalue weighted by Gasteiger charge is -2.25. The Labute approximate surface area is 86.1 Å². The summed E-state index contributed by atoms with van der Waals surface area (Å²) in [4.78, 5) is 22.0. The zero-order chi connectivity index (χ0) is 10.6. The van der Waals surface area contributed by atoms with Crippen LogP contribution in [0.25, 0.3) is 0 Å². The van der Waals surface area contributed by atoms with Crippen LogP contribution in [0, 0.1) is 17.8 Å². The minimum atomic E-state index is 0.160. The first-order valence-corrected chi connectivity index (χ1v) is 5.63. The van der Waals surface area contributed by atoms with Gasteiger partial charge in [-0.3, -0.25) is 4.79 Å². The number of aldehydes is 1. The highest BCUT2D eigenvalue weighted by Gasteiger charge is 2.30. The third-order valence-corrected chi connectivity index (χ3v) is 3.58. The molecule has 0 saturated heterocycles. The fraction of sp³-hybridized carbons (Fsp3) is 0.833. The van der Waals surface area contributed by atoms with Crippen LogP contribution in [0.1, 0.15) is 46.0 Å². The number of hydrogen-bond acceptors (Lipinski definition) is 2. The summed E-state index contributed by atoms with van der Waals surface area (Å²) in [6, 6.07) is 0. The predicted octanol–water partition coefficient (Wildman–Crippen LogP) is 2.61. The van der Waals surface area contributed by atoms with E-state index in [9.17, 15) is 9.59 Å². The van der Waals surface area contributed by atoms with Crippen molar-refractivity contribution in [2.24, 2.45) is 17.8 Å². The standard InChI is InChI=1S/C12H20O2/c1-9-5-3-7-12(14)10(2)11(9)6-4-8-13/h8-11H,3-7H2,1-2H3/t9-,10?,11+/m0/s1. The fourth-order valence-electron chi connectivity index (χ4n) is 2.57. The lowest BCUT2D eigenvalue weighted by Crippen LogP contribution is -2.23. The van der Waals surface area contributed by atoms with E-state index in [-0.39, 0.29) is 5.92 Å². The van der Waals surface area contributed by atoms with E-state index in [4.69, 9.17) is 0 Å². The molecule has 1 aliphatic carbocycles. The van der Waals surface area contributed by atoms with Gasteiger partial charge in [-0.2, -0.15) is 0 Å². The maximum absolute atomic E-state index is 11.6. The summed E-state index contributed by atoms with van der Waals surface area (Å²) in [6.45, 7) is 4.24. The molecule has 14 heavy (non-hydrogen) atoms. The fourth-order valence-corrected chi connectivity index (χ4v) is 2.57. The van der Waals surface area contributed by atoms with Crippen LogP contribution in [-0.4, -0.2) is 12.1 Å².